The number of amides is 1. The number of carbonyl (C=O) groups excluding carboxylic acids is 1. The van der Waals surface area contributed by atoms with Gasteiger partial charge in [-0.2, -0.15) is 0 Å². The zero-order valence-electron chi connectivity index (χ0n) is 19.6. The molecule has 2 aliphatic heterocycles. The fourth-order valence-electron chi connectivity index (χ4n) is 4.76. The first-order valence-electron chi connectivity index (χ1n) is 12.1. The molecule has 3 aromatic rings. The number of nitrogens with one attached hydrogen (secondary N) is 2. The second-order valence-corrected chi connectivity index (χ2v) is 9.47. The van der Waals surface area contributed by atoms with E-state index in [1.54, 1.807) is 0 Å². The number of hydrogen-bond acceptors (Lipinski definition) is 5. The molecule has 2 N–H and O–H groups in total. The van der Waals surface area contributed by atoms with Crippen LogP contribution in [-0.2, 0) is 24.3 Å². The molecule has 0 aromatic heterocycles. The second-order valence-electron chi connectivity index (χ2n) is 9.06. The molecule has 0 aliphatic carbocycles. The molecule has 5 rings (SSSR count). The molecule has 0 saturated carbocycles. The number of nitrogens with zero attached hydrogens (tertiary/aromatic N) is 1. The van der Waals surface area contributed by atoms with Crippen LogP contribution in [0.2, 0.25) is 5.02 Å². The van der Waals surface area contributed by atoms with E-state index in [0.717, 1.165) is 53.6 Å². The normalized spacial score (nSPS) is 19.1. The zero-order chi connectivity index (χ0) is 24.0. The number of hydrogen-bond donors (Lipinski definition) is 2. The van der Waals surface area contributed by atoms with E-state index in [9.17, 15) is 4.79 Å². The predicted molar refractivity (Wildman–Crippen MR) is 137 cm³/mol. The van der Waals surface area contributed by atoms with Crippen molar-refractivity contribution in [3.8, 4) is 11.5 Å². The number of halogens is 1. The molecule has 7 heteroatoms. The number of benzene rings is 3. The van der Waals surface area contributed by atoms with Gasteiger partial charge in [0.25, 0.3) is 0 Å². The van der Waals surface area contributed by atoms with Crippen LogP contribution in [0.25, 0.3) is 0 Å². The summed E-state index contributed by atoms with van der Waals surface area (Å²) in [6.45, 7) is 3.07. The second kappa shape index (κ2) is 11.1. The van der Waals surface area contributed by atoms with E-state index in [2.05, 4.69) is 27.7 Å². The molecule has 0 bridgehead atoms. The third-order valence-corrected chi connectivity index (χ3v) is 6.99. The summed E-state index contributed by atoms with van der Waals surface area (Å²) in [5.74, 6) is 1.62. The van der Waals surface area contributed by atoms with Gasteiger partial charge in [0.1, 0.15) is 0 Å². The molecule has 3 aromatic carbocycles. The molecule has 0 radical (unpaired) electrons. The first kappa shape index (κ1) is 23.7. The maximum Gasteiger partial charge on any atom is 0.237 e. The number of fused-ring (bicyclic) bond motifs is 1. The van der Waals surface area contributed by atoms with Gasteiger partial charge in [0.15, 0.2) is 11.5 Å². The van der Waals surface area contributed by atoms with Crippen molar-refractivity contribution in [3.05, 3.63) is 94.5 Å². The largest absolute Gasteiger partial charge is 0.454 e. The lowest BCUT2D eigenvalue weighted by molar-refractivity contribution is -0.125. The molecule has 2 heterocycles. The summed E-state index contributed by atoms with van der Waals surface area (Å²) in [4.78, 5) is 15.5. The molecule has 1 saturated heterocycles. The van der Waals surface area contributed by atoms with Gasteiger partial charge in [-0.25, -0.2) is 0 Å². The molecular formula is C28H30ClN3O3. The van der Waals surface area contributed by atoms with E-state index in [0.29, 0.717) is 13.1 Å². The van der Waals surface area contributed by atoms with Crippen molar-refractivity contribution in [2.45, 2.75) is 38.0 Å². The summed E-state index contributed by atoms with van der Waals surface area (Å²) < 4.78 is 10.8. The maximum absolute atomic E-state index is 13.3. The van der Waals surface area contributed by atoms with E-state index < -0.39 is 0 Å². The van der Waals surface area contributed by atoms with Crippen LogP contribution in [0.15, 0.2) is 72.8 Å². The van der Waals surface area contributed by atoms with Crippen LogP contribution in [0.4, 0.5) is 0 Å². The van der Waals surface area contributed by atoms with E-state index in [4.69, 9.17) is 21.1 Å². The highest BCUT2D eigenvalue weighted by atomic mass is 35.5. The van der Waals surface area contributed by atoms with Crippen LogP contribution in [-0.4, -0.2) is 42.8 Å². The van der Waals surface area contributed by atoms with Crippen LogP contribution in [0.5, 0.6) is 11.5 Å². The molecule has 1 amide bonds. The summed E-state index contributed by atoms with van der Waals surface area (Å²) >= 11 is 6.33. The minimum atomic E-state index is -0.185. The standard InChI is InChI=1S/C28H30ClN3O3/c29-24-9-5-4-8-22(24)16-31-23-15-25(32(18-23)17-21-6-2-1-3-7-21)28(33)30-13-12-20-10-11-26-27(14-20)35-19-34-26/h1-11,14,23,25,31H,12-13,15-19H2,(H,30,33)/t23-,25+/m1/s1. The third kappa shape index (κ3) is 5.96. The first-order chi connectivity index (χ1) is 17.2. The van der Waals surface area contributed by atoms with Gasteiger partial charge < -0.3 is 20.1 Å². The lowest BCUT2D eigenvalue weighted by Gasteiger charge is -2.23. The summed E-state index contributed by atoms with van der Waals surface area (Å²) in [5.41, 5.74) is 3.39. The maximum atomic E-state index is 13.3. The Morgan fingerprint density at radius 1 is 0.971 bits per heavy atom. The van der Waals surface area contributed by atoms with Crippen molar-refractivity contribution >= 4 is 17.5 Å². The molecular weight excluding hydrogens is 462 g/mol. The fraction of sp³-hybridized carbons (Fsp3) is 0.321. The van der Waals surface area contributed by atoms with Crippen molar-refractivity contribution in [2.75, 3.05) is 19.9 Å². The van der Waals surface area contributed by atoms with Crippen LogP contribution in [0.3, 0.4) is 0 Å². The Kier molecular flexibility index (Phi) is 7.52. The highest BCUT2D eigenvalue weighted by Crippen LogP contribution is 2.32. The molecule has 2 aliphatic rings. The Labute approximate surface area is 211 Å². The number of ether oxygens (including phenoxy) is 2. The van der Waals surface area contributed by atoms with E-state index >= 15 is 0 Å². The highest BCUT2D eigenvalue weighted by Gasteiger charge is 2.36. The number of rotatable bonds is 9. The Bertz CT molecular complexity index is 1160. The lowest BCUT2D eigenvalue weighted by Crippen LogP contribution is -2.43. The summed E-state index contributed by atoms with van der Waals surface area (Å²) in [6.07, 6.45) is 1.50. The van der Waals surface area contributed by atoms with Crippen LogP contribution < -0.4 is 20.1 Å². The van der Waals surface area contributed by atoms with E-state index in [-0.39, 0.29) is 24.8 Å². The minimum absolute atomic E-state index is 0.0729. The smallest absolute Gasteiger partial charge is 0.237 e. The molecule has 6 nitrogen and oxygen atoms in total. The lowest BCUT2D eigenvalue weighted by atomic mass is 10.1. The van der Waals surface area contributed by atoms with Crippen molar-refractivity contribution in [1.29, 1.82) is 0 Å². The Hall–Kier alpha value is -3.06. The zero-order valence-corrected chi connectivity index (χ0v) is 20.3. The van der Waals surface area contributed by atoms with Gasteiger partial charge in [0.05, 0.1) is 6.04 Å². The highest BCUT2D eigenvalue weighted by molar-refractivity contribution is 6.31. The monoisotopic (exact) mass is 491 g/mol. The molecule has 182 valence electrons. The van der Waals surface area contributed by atoms with Crippen LogP contribution in [0.1, 0.15) is 23.1 Å². The van der Waals surface area contributed by atoms with Crippen molar-refractivity contribution < 1.29 is 14.3 Å². The van der Waals surface area contributed by atoms with Gasteiger partial charge in [-0.3, -0.25) is 9.69 Å². The van der Waals surface area contributed by atoms with Gasteiger partial charge in [-0.15, -0.1) is 0 Å². The Morgan fingerprint density at radius 2 is 1.77 bits per heavy atom. The van der Waals surface area contributed by atoms with Crippen molar-refractivity contribution in [3.63, 3.8) is 0 Å². The van der Waals surface area contributed by atoms with Gasteiger partial charge in [0, 0.05) is 37.2 Å². The molecule has 2 atom stereocenters. The predicted octanol–water partition coefficient (Wildman–Crippen LogP) is 4.16. The molecule has 35 heavy (non-hydrogen) atoms. The average Bonchev–Trinajstić information content (AvgIpc) is 3.51. The van der Waals surface area contributed by atoms with Gasteiger partial charge in [-0.05, 0) is 47.7 Å². The molecule has 1 fully saturated rings. The van der Waals surface area contributed by atoms with Gasteiger partial charge in [0.2, 0.25) is 12.7 Å². The summed E-state index contributed by atoms with van der Waals surface area (Å²) in [6, 6.07) is 24.1. The third-order valence-electron chi connectivity index (χ3n) is 6.62. The van der Waals surface area contributed by atoms with Gasteiger partial charge in [-0.1, -0.05) is 66.2 Å². The van der Waals surface area contributed by atoms with E-state index in [1.807, 2.05) is 60.7 Å². The van der Waals surface area contributed by atoms with Gasteiger partial charge >= 0.3 is 0 Å². The quantitative estimate of drug-likeness (QED) is 0.470. The Morgan fingerprint density at radius 3 is 2.63 bits per heavy atom. The molecule has 0 unspecified atom stereocenters. The summed E-state index contributed by atoms with van der Waals surface area (Å²) in [5, 5.41) is 7.53. The fourth-order valence-corrected chi connectivity index (χ4v) is 4.96. The minimum Gasteiger partial charge on any atom is -0.454 e. The SMILES string of the molecule is O=C(NCCc1ccc2c(c1)OCO2)[C@@H]1C[C@@H](NCc2ccccc2Cl)CN1Cc1ccccc1. The average molecular weight is 492 g/mol. The Balaban J connectivity index is 1.19. The van der Waals surface area contributed by atoms with Crippen LogP contribution >= 0.6 is 11.6 Å². The molecule has 0 spiro atoms. The number of carbonyl (C=O) groups is 1. The summed E-state index contributed by atoms with van der Waals surface area (Å²) in [7, 11) is 0. The number of likely N-dealkylation sites (tertiary alicyclic amines) is 1. The topological polar surface area (TPSA) is 62.8 Å². The van der Waals surface area contributed by atoms with E-state index in [1.165, 1.54) is 5.56 Å². The van der Waals surface area contributed by atoms with Crippen LogP contribution in [0, 0.1) is 0 Å². The van der Waals surface area contributed by atoms with Crippen molar-refractivity contribution in [1.82, 2.24) is 15.5 Å². The van der Waals surface area contributed by atoms with Crippen molar-refractivity contribution in [2.24, 2.45) is 0 Å². The first-order valence-corrected chi connectivity index (χ1v) is 12.4.